The fourth-order valence-electron chi connectivity index (χ4n) is 9.61. The first-order valence-electron chi connectivity index (χ1n) is 22.9. The van der Waals surface area contributed by atoms with Crippen LogP contribution in [-0.2, 0) is 37.3 Å². The summed E-state index contributed by atoms with van der Waals surface area (Å²) in [5.74, 6) is 1.99. The second-order valence-electron chi connectivity index (χ2n) is 18.5. The van der Waals surface area contributed by atoms with Gasteiger partial charge in [-0.1, -0.05) is 48.5 Å². The average molecular weight is 923 g/mol. The average Bonchev–Trinajstić information content (AvgIpc) is 4.10. The molecule has 65 heavy (non-hydrogen) atoms. The Hall–Kier alpha value is -5.23. The summed E-state index contributed by atoms with van der Waals surface area (Å²) in [5.41, 5.74) is 20.0. The van der Waals surface area contributed by atoms with Crippen LogP contribution in [0.15, 0.2) is 73.6 Å². The van der Waals surface area contributed by atoms with Crippen LogP contribution in [-0.4, -0.2) is 114 Å². The van der Waals surface area contributed by atoms with Crippen LogP contribution in [0.1, 0.15) is 74.6 Å². The minimum absolute atomic E-state index is 0.101. The highest BCUT2D eigenvalue weighted by atomic mass is 32.2. The van der Waals surface area contributed by atoms with Gasteiger partial charge < -0.3 is 35.6 Å². The van der Waals surface area contributed by atoms with Crippen molar-refractivity contribution in [1.29, 1.82) is 0 Å². The van der Waals surface area contributed by atoms with Gasteiger partial charge >= 0.3 is 0 Å². The molecule has 6 heterocycles. The summed E-state index contributed by atoms with van der Waals surface area (Å²) in [7, 11) is -6.03. The molecule has 2 aliphatic heterocycles. The molecule has 0 radical (unpaired) electrons. The normalized spacial score (nSPS) is 21.0. The van der Waals surface area contributed by atoms with E-state index in [0.29, 0.717) is 30.5 Å². The van der Waals surface area contributed by atoms with Crippen LogP contribution in [0.2, 0.25) is 0 Å². The molecule has 4 aromatic heterocycles. The standard InChI is InChI=1S/C24H31N5O2S.C20H22N4O3S.C4H9N/c1-32(30,31)10-7-17-5-4-6-19(11-17)21-15-29(24-22(21)23(25)26-16-27-24)20-12-18(13-20)14-28-8-2-3-9-28;1-28(26,27)6-5-13-3-2-4-15(7-13)17-10-24(16-8-14(9-16)11-25)20-18(17)19(21)22-12-23-20;1-2-4-5-3-1/h4-6,11,15-16,18,20H,2-3,7-10,12-14H2,1H3,(H2,25,26,27);2-4,7,10-12,14,16H,5-6,8-9H2,1H3,(H2,21,22,23);5H,1-4H2. The largest absolute Gasteiger partial charge is 0.383 e. The van der Waals surface area contributed by atoms with Gasteiger partial charge in [0.2, 0.25) is 0 Å². The highest BCUT2D eigenvalue weighted by molar-refractivity contribution is 7.90. The monoisotopic (exact) mass is 922 g/mol. The first-order valence-corrected chi connectivity index (χ1v) is 27.0. The Morgan fingerprint density at radius 2 is 1.15 bits per heavy atom. The third kappa shape index (κ3) is 11.4. The van der Waals surface area contributed by atoms with E-state index in [1.165, 1.54) is 77.2 Å². The molecule has 6 aromatic rings. The number of anilines is 2. The molecular formula is C48H62N10O5S2. The minimum atomic E-state index is -3.02. The van der Waals surface area contributed by atoms with Crippen molar-refractivity contribution in [2.45, 2.75) is 76.3 Å². The fraction of sp³-hybridized carbons (Fsp3) is 0.479. The molecular weight excluding hydrogens is 861 g/mol. The van der Waals surface area contributed by atoms with E-state index in [-0.39, 0.29) is 23.5 Å². The van der Waals surface area contributed by atoms with E-state index in [2.05, 4.69) is 51.6 Å². The topological polar surface area (TPSA) is 214 Å². The predicted molar refractivity (Wildman–Crippen MR) is 259 cm³/mol. The maximum absolute atomic E-state index is 11.6. The number of fused-ring (bicyclic) bond motifs is 2. The summed E-state index contributed by atoms with van der Waals surface area (Å²) in [4.78, 5) is 31.0. The number of aryl methyl sites for hydroxylation is 2. The van der Waals surface area contributed by atoms with Gasteiger partial charge in [-0.05, 0) is 119 Å². The summed E-state index contributed by atoms with van der Waals surface area (Å²) >= 11 is 0. The lowest BCUT2D eigenvalue weighted by molar-refractivity contribution is -0.114. The van der Waals surface area contributed by atoms with Crippen LogP contribution in [0.25, 0.3) is 44.3 Å². The van der Waals surface area contributed by atoms with Crippen LogP contribution in [0.4, 0.5) is 11.6 Å². The first-order chi connectivity index (χ1) is 31.2. The molecule has 2 aliphatic carbocycles. The van der Waals surface area contributed by atoms with Crippen molar-refractivity contribution in [3.8, 4) is 22.3 Å². The van der Waals surface area contributed by atoms with E-state index in [1.807, 2.05) is 48.7 Å². The van der Waals surface area contributed by atoms with Gasteiger partial charge in [0, 0.05) is 60.6 Å². The molecule has 0 unspecified atom stereocenters. The van der Waals surface area contributed by atoms with Gasteiger partial charge in [0.1, 0.15) is 61.5 Å². The molecule has 4 aliphatic rings. The summed E-state index contributed by atoms with van der Waals surface area (Å²) in [6.45, 7) is 6.20. The summed E-state index contributed by atoms with van der Waals surface area (Å²) in [5, 5.41) is 4.90. The van der Waals surface area contributed by atoms with Gasteiger partial charge in [-0.3, -0.25) is 0 Å². The number of nitrogens with one attached hydrogen (secondary N) is 1. The quantitative estimate of drug-likeness (QED) is 0.112. The Morgan fingerprint density at radius 3 is 1.58 bits per heavy atom. The molecule has 2 saturated heterocycles. The van der Waals surface area contributed by atoms with Gasteiger partial charge in [0.15, 0.2) is 0 Å². The maximum Gasteiger partial charge on any atom is 0.147 e. The van der Waals surface area contributed by atoms with E-state index in [9.17, 15) is 21.6 Å². The highest BCUT2D eigenvalue weighted by Gasteiger charge is 2.35. The molecule has 0 spiro atoms. The molecule has 4 fully saturated rings. The third-order valence-corrected chi connectivity index (χ3v) is 15.2. The Balaban J connectivity index is 0.000000161. The fourth-order valence-corrected chi connectivity index (χ4v) is 10.8. The van der Waals surface area contributed by atoms with Crippen molar-refractivity contribution < 1.29 is 21.6 Å². The molecule has 15 nitrogen and oxygen atoms in total. The second kappa shape index (κ2) is 20.1. The molecule has 2 aromatic carbocycles. The second-order valence-corrected chi connectivity index (χ2v) is 23.0. The Bertz CT molecular complexity index is 2830. The number of benzene rings is 2. The van der Waals surface area contributed by atoms with Crippen molar-refractivity contribution in [3.63, 3.8) is 0 Å². The molecule has 17 heteroatoms. The van der Waals surface area contributed by atoms with Crippen molar-refractivity contribution >= 4 is 59.7 Å². The van der Waals surface area contributed by atoms with Crippen LogP contribution < -0.4 is 16.8 Å². The minimum Gasteiger partial charge on any atom is -0.383 e. The maximum atomic E-state index is 11.6. The van der Waals surface area contributed by atoms with Crippen molar-refractivity contribution in [3.05, 3.63) is 84.7 Å². The SMILES string of the molecule is C1CCNC1.CS(=O)(=O)CCc1cccc(-c2cn(C3CC(C=O)C3)c3ncnc(N)c23)c1.CS(=O)(=O)CCc1cccc(-c2cn(C3CC(CN4CCCC4)C3)c3ncnc(N)c23)c1. The molecule has 2 saturated carbocycles. The number of hydrogen-bond donors (Lipinski definition) is 3. The lowest BCUT2D eigenvalue weighted by atomic mass is 9.79. The zero-order valence-corrected chi connectivity index (χ0v) is 39.1. The molecule has 5 N–H and O–H groups in total. The Kier molecular flexibility index (Phi) is 14.3. The lowest BCUT2D eigenvalue weighted by Gasteiger charge is -2.38. The number of likely N-dealkylation sites (tertiary alicyclic amines) is 1. The number of carbonyl (C=O) groups is 1. The molecule has 0 bridgehead atoms. The van der Waals surface area contributed by atoms with E-state index in [0.717, 1.165) is 93.3 Å². The highest BCUT2D eigenvalue weighted by Crippen LogP contribution is 2.44. The molecule has 10 rings (SSSR count). The number of aromatic nitrogens is 6. The number of hydrogen-bond acceptors (Lipinski definition) is 13. The van der Waals surface area contributed by atoms with Crippen LogP contribution in [0.5, 0.6) is 0 Å². The third-order valence-electron chi connectivity index (χ3n) is 13.3. The predicted octanol–water partition coefficient (Wildman–Crippen LogP) is 6.10. The van der Waals surface area contributed by atoms with E-state index < -0.39 is 19.7 Å². The number of aldehydes is 1. The number of rotatable bonds is 13. The van der Waals surface area contributed by atoms with Gasteiger partial charge in [-0.25, -0.2) is 36.8 Å². The summed E-state index contributed by atoms with van der Waals surface area (Å²) in [6, 6.07) is 16.5. The smallest absolute Gasteiger partial charge is 0.147 e. The van der Waals surface area contributed by atoms with Crippen LogP contribution in [0.3, 0.4) is 0 Å². The Morgan fingerprint density at radius 1 is 0.677 bits per heavy atom. The number of nitrogens with two attached hydrogens (primary N) is 2. The van der Waals surface area contributed by atoms with Crippen LogP contribution in [0, 0.1) is 11.8 Å². The zero-order chi connectivity index (χ0) is 45.7. The lowest BCUT2D eigenvalue weighted by Crippen LogP contribution is -2.35. The van der Waals surface area contributed by atoms with Gasteiger partial charge in [0.05, 0.1) is 22.3 Å². The van der Waals surface area contributed by atoms with E-state index in [1.54, 1.807) is 6.33 Å². The summed E-state index contributed by atoms with van der Waals surface area (Å²) < 4.78 is 50.5. The molecule has 346 valence electrons. The molecule has 0 atom stereocenters. The number of nitrogen functional groups attached to an aromatic ring is 2. The van der Waals surface area contributed by atoms with E-state index in [4.69, 9.17) is 11.5 Å². The van der Waals surface area contributed by atoms with E-state index >= 15 is 0 Å². The first kappa shape index (κ1) is 46.3. The van der Waals surface area contributed by atoms with Crippen molar-refractivity contribution in [2.75, 3.05) is 68.2 Å². The molecule has 0 amide bonds. The zero-order valence-electron chi connectivity index (χ0n) is 37.5. The number of nitrogens with zero attached hydrogens (tertiary/aromatic N) is 7. The van der Waals surface area contributed by atoms with Crippen LogP contribution >= 0.6 is 0 Å². The van der Waals surface area contributed by atoms with Gasteiger partial charge in [-0.15, -0.1) is 0 Å². The number of carbonyl (C=O) groups excluding carboxylic acids is 1. The summed E-state index contributed by atoms with van der Waals surface area (Å²) in [6.07, 6.45) is 21.0. The van der Waals surface area contributed by atoms with Crippen molar-refractivity contribution in [1.82, 2.24) is 39.3 Å². The Labute approximate surface area is 382 Å². The number of sulfone groups is 2. The van der Waals surface area contributed by atoms with Gasteiger partial charge in [0.25, 0.3) is 0 Å². The van der Waals surface area contributed by atoms with Crippen molar-refractivity contribution in [2.24, 2.45) is 11.8 Å². The van der Waals surface area contributed by atoms with Gasteiger partial charge in [-0.2, -0.15) is 0 Å².